The minimum absolute atomic E-state index is 0.133. The van der Waals surface area contributed by atoms with Crippen LogP contribution in [0.25, 0.3) is 0 Å². The minimum Gasteiger partial charge on any atom is -0.343 e. The van der Waals surface area contributed by atoms with Crippen molar-refractivity contribution in [3.63, 3.8) is 0 Å². The first-order valence-electron chi connectivity index (χ1n) is 7.44. The fraction of sp³-hybridized carbons (Fsp3) is 0.167. The van der Waals surface area contributed by atoms with Gasteiger partial charge in [-0.05, 0) is 42.8 Å². The van der Waals surface area contributed by atoms with Gasteiger partial charge in [-0.3, -0.25) is 9.59 Å². The normalized spacial score (nSPS) is 9.96. The van der Waals surface area contributed by atoms with E-state index in [9.17, 15) is 9.59 Å². The second-order valence-electron chi connectivity index (χ2n) is 5.13. The van der Waals surface area contributed by atoms with Crippen LogP contribution in [0, 0.1) is 18.3 Å². The lowest BCUT2D eigenvalue weighted by atomic mass is 10.2. The van der Waals surface area contributed by atoms with E-state index < -0.39 is 0 Å². The van der Waals surface area contributed by atoms with Gasteiger partial charge in [-0.2, -0.15) is 5.26 Å². The van der Waals surface area contributed by atoms with Crippen LogP contribution in [0.5, 0.6) is 0 Å². The second-order valence-corrected chi connectivity index (χ2v) is 7.07. The van der Waals surface area contributed by atoms with Gasteiger partial charge in [0, 0.05) is 15.1 Å². The van der Waals surface area contributed by atoms with E-state index >= 15 is 0 Å². The number of hydrogen-bond acceptors (Lipinski definition) is 4. The smallest absolute Gasteiger partial charge is 0.252 e. The van der Waals surface area contributed by atoms with E-state index in [0.717, 1.165) is 10.0 Å². The second kappa shape index (κ2) is 9.25. The molecule has 0 radical (unpaired) electrons. The first-order chi connectivity index (χ1) is 12.0. The van der Waals surface area contributed by atoms with E-state index in [0.29, 0.717) is 16.1 Å². The van der Waals surface area contributed by atoms with Gasteiger partial charge in [0.15, 0.2) is 0 Å². The fourth-order valence-corrected chi connectivity index (χ4v) is 3.29. The topological polar surface area (TPSA) is 82.0 Å². The van der Waals surface area contributed by atoms with Gasteiger partial charge in [-0.1, -0.05) is 28.1 Å². The summed E-state index contributed by atoms with van der Waals surface area (Å²) in [5.74, 6) is -0.391. The lowest BCUT2D eigenvalue weighted by Crippen LogP contribution is -2.33. The Kier molecular flexibility index (Phi) is 7.04. The highest BCUT2D eigenvalue weighted by Gasteiger charge is 2.13. The van der Waals surface area contributed by atoms with Crippen molar-refractivity contribution < 1.29 is 9.59 Å². The van der Waals surface area contributed by atoms with Crippen LogP contribution in [-0.2, 0) is 4.79 Å². The quantitative estimate of drug-likeness (QED) is 0.701. The number of carbonyl (C=O) groups is 2. The fourth-order valence-electron chi connectivity index (χ4n) is 2.11. The van der Waals surface area contributed by atoms with Gasteiger partial charge in [0.25, 0.3) is 5.91 Å². The molecule has 0 heterocycles. The van der Waals surface area contributed by atoms with Crippen molar-refractivity contribution in [2.24, 2.45) is 0 Å². The summed E-state index contributed by atoms with van der Waals surface area (Å²) in [5, 5.41) is 14.1. The first kappa shape index (κ1) is 19.0. The highest BCUT2D eigenvalue weighted by Crippen LogP contribution is 2.22. The number of halogens is 1. The van der Waals surface area contributed by atoms with Gasteiger partial charge >= 0.3 is 0 Å². The number of amides is 2. The summed E-state index contributed by atoms with van der Waals surface area (Å²) in [6.07, 6.45) is 0. The lowest BCUT2D eigenvalue weighted by molar-refractivity contribution is -0.115. The molecule has 0 aliphatic heterocycles. The van der Waals surface area contributed by atoms with Crippen molar-refractivity contribution in [3.8, 4) is 6.07 Å². The Morgan fingerprint density at radius 3 is 2.72 bits per heavy atom. The maximum absolute atomic E-state index is 12.3. The van der Waals surface area contributed by atoms with Crippen LogP contribution >= 0.6 is 27.7 Å². The predicted octanol–water partition coefficient (Wildman–Crippen LogP) is 3.74. The van der Waals surface area contributed by atoms with E-state index in [1.54, 1.807) is 30.3 Å². The summed E-state index contributed by atoms with van der Waals surface area (Å²) in [6, 6.07) is 14.6. The van der Waals surface area contributed by atoms with Crippen LogP contribution in [0.4, 0.5) is 5.69 Å². The summed E-state index contributed by atoms with van der Waals surface area (Å²) in [5.41, 5.74) is 2.08. The minimum atomic E-state index is -0.344. The summed E-state index contributed by atoms with van der Waals surface area (Å²) in [7, 11) is 0. The average Bonchev–Trinajstić information content (AvgIpc) is 2.60. The Bertz CT molecular complexity index is 833. The molecule has 2 amide bonds. The number of anilines is 1. The molecule has 0 saturated heterocycles. The predicted molar refractivity (Wildman–Crippen MR) is 103 cm³/mol. The average molecular weight is 418 g/mol. The largest absolute Gasteiger partial charge is 0.343 e. The van der Waals surface area contributed by atoms with Crippen LogP contribution in [0.15, 0.2) is 51.8 Å². The van der Waals surface area contributed by atoms with Crippen LogP contribution in [0.2, 0.25) is 0 Å². The summed E-state index contributed by atoms with van der Waals surface area (Å²) >= 11 is 4.66. The Morgan fingerprint density at radius 1 is 1.24 bits per heavy atom. The zero-order chi connectivity index (χ0) is 18.2. The van der Waals surface area contributed by atoms with Gasteiger partial charge in [-0.25, -0.2) is 0 Å². The maximum atomic E-state index is 12.3. The van der Waals surface area contributed by atoms with Crippen molar-refractivity contribution in [1.29, 1.82) is 5.26 Å². The van der Waals surface area contributed by atoms with Gasteiger partial charge in [0.1, 0.15) is 0 Å². The lowest BCUT2D eigenvalue weighted by Gasteiger charge is -2.11. The number of nitriles is 1. The van der Waals surface area contributed by atoms with Crippen molar-refractivity contribution in [3.05, 3.63) is 58.1 Å². The number of nitrogens with one attached hydrogen (secondary N) is 2. The third kappa shape index (κ3) is 5.62. The summed E-state index contributed by atoms with van der Waals surface area (Å²) in [6.45, 7) is 1.76. The highest BCUT2D eigenvalue weighted by molar-refractivity contribution is 9.10. The zero-order valence-corrected chi connectivity index (χ0v) is 15.9. The molecule has 2 rings (SSSR count). The third-order valence-electron chi connectivity index (χ3n) is 3.30. The molecule has 25 heavy (non-hydrogen) atoms. The van der Waals surface area contributed by atoms with Crippen molar-refractivity contribution in [1.82, 2.24) is 5.32 Å². The number of thioether (sulfide) groups is 1. The van der Waals surface area contributed by atoms with Crippen LogP contribution in [0.3, 0.4) is 0 Å². The molecule has 5 nitrogen and oxygen atoms in total. The third-order valence-corrected chi connectivity index (χ3v) is 4.73. The van der Waals surface area contributed by atoms with E-state index in [-0.39, 0.29) is 24.1 Å². The SMILES string of the molecule is Cc1cc(Br)ccc1NC(=O)CNC(=O)c1ccccc1SCC#N. The maximum Gasteiger partial charge on any atom is 0.252 e. The molecule has 0 spiro atoms. The molecule has 7 heteroatoms. The molecule has 0 aliphatic carbocycles. The number of benzene rings is 2. The standard InChI is InChI=1S/C18H16BrN3O2S/c1-12-10-13(19)6-7-15(12)22-17(23)11-21-18(24)14-4-2-3-5-16(14)25-9-8-20/h2-7,10H,9,11H2,1H3,(H,21,24)(H,22,23). The highest BCUT2D eigenvalue weighted by atomic mass is 79.9. The van der Waals surface area contributed by atoms with Crippen molar-refractivity contribution >= 4 is 45.2 Å². The Balaban J connectivity index is 1.96. The molecule has 0 aromatic heterocycles. The molecule has 0 atom stereocenters. The number of nitrogens with zero attached hydrogens (tertiary/aromatic N) is 1. The van der Waals surface area contributed by atoms with Crippen molar-refractivity contribution in [2.75, 3.05) is 17.6 Å². The summed E-state index contributed by atoms with van der Waals surface area (Å²) in [4.78, 5) is 25.1. The van der Waals surface area contributed by atoms with Crippen LogP contribution in [-0.4, -0.2) is 24.1 Å². The van der Waals surface area contributed by atoms with E-state index in [2.05, 4.69) is 26.6 Å². The first-order valence-corrected chi connectivity index (χ1v) is 9.22. The van der Waals surface area contributed by atoms with Gasteiger partial charge < -0.3 is 10.6 Å². The zero-order valence-electron chi connectivity index (χ0n) is 13.5. The number of hydrogen-bond donors (Lipinski definition) is 2. The number of carbonyl (C=O) groups excluding carboxylic acids is 2. The molecule has 2 aromatic rings. The van der Waals surface area contributed by atoms with Gasteiger partial charge in [0.05, 0.1) is 23.9 Å². The van der Waals surface area contributed by atoms with E-state index in [1.807, 2.05) is 25.1 Å². The Labute approximate surface area is 158 Å². The number of aryl methyl sites for hydroxylation is 1. The molecule has 0 saturated carbocycles. The van der Waals surface area contributed by atoms with E-state index in [4.69, 9.17) is 5.26 Å². The molecule has 0 fully saturated rings. The van der Waals surface area contributed by atoms with Gasteiger partial charge in [0.2, 0.25) is 5.91 Å². The molecule has 2 aromatic carbocycles. The molecule has 128 valence electrons. The van der Waals surface area contributed by atoms with Gasteiger partial charge in [-0.15, -0.1) is 11.8 Å². The monoisotopic (exact) mass is 417 g/mol. The molecule has 0 unspecified atom stereocenters. The molecular formula is C18H16BrN3O2S. The van der Waals surface area contributed by atoms with Crippen LogP contribution < -0.4 is 10.6 Å². The van der Waals surface area contributed by atoms with Crippen LogP contribution in [0.1, 0.15) is 15.9 Å². The number of rotatable bonds is 6. The van der Waals surface area contributed by atoms with E-state index in [1.165, 1.54) is 11.8 Å². The summed E-state index contributed by atoms with van der Waals surface area (Å²) < 4.78 is 0.933. The Morgan fingerprint density at radius 2 is 2.00 bits per heavy atom. The molecule has 0 bridgehead atoms. The Hall–Kier alpha value is -2.30. The molecular weight excluding hydrogens is 402 g/mol. The van der Waals surface area contributed by atoms with Crippen molar-refractivity contribution in [2.45, 2.75) is 11.8 Å². The molecule has 2 N–H and O–H groups in total. The molecule has 0 aliphatic rings.